The molecule has 0 aliphatic carbocycles. The summed E-state index contributed by atoms with van der Waals surface area (Å²) in [6, 6.07) is 10.8. The molecule has 2 aromatic heterocycles. The molecule has 0 spiro atoms. The highest BCUT2D eigenvalue weighted by molar-refractivity contribution is 6.48. The lowest BCUT2D eigenvalue weighted by Crippen LogP contribution is -2.22. The lowest BCUT2D eigenvalue weighted by atomic mass is 10.1. The molecule has 2 aromatic carbocycles. The molecule has 6 nitrogen and oxygen atoms in total. The standard InChI is InChI=1S/C22H15F2N3O3/c23-18-2-1-3-19(24)17(18)12-27-11-16(15-10-14(28)4-5-20(15)27)21(29)22(30)26-13-6-8-25-9-7-13/h1-11,28H,12H2,(H,25,26,30). The van der Waals surface area contributed by atoms with Gasteiger partial charge in [-0.3, -0.25) is 14.6 Å². The van der Waals surface area contributed by atoms with Gasteiger partial charge in [0.15, 0.2) is 0 Å². The first-order valence-corrected chi connectivity index (χ1v) is 8.94. The van der Waals surface area contributed by atoms with Gasteiger partial charge in [-0.15, -0.1) is 0 Å². The maximum Gasteiger partial charge on any atom is 0.296 e. The summed E-state index contributed by atoms with van der Waals surface area (Å²) in [6.07, 6.45) is 4.28. The molecule has 0 aliphatic heterocycles. The van der Waals surface area contributed by atoms with Gasteiger partial charge in [-0.1, -0.05) is 6.07 Å². The minimum Gasteiger partial charge on any atom is -0.508 e. The number of phenolic OH excluding ortho intramolecular Hbond substituents is 1. The SMILES string of the molecule is O=C(Nc1ccncc1)C(=O)c1cn(Cc2c(F)cccc2F)c2ccc(O)cc12. The van der Waals surface area contributed by atoms with Crippen LogP contribution in [0.4, 0.5) is 14.5 Å². The lowest BCUT2D eigenvalue weighted by Gasteiger charge is -2.08. The molecular weight excluding hydrogens is 392 g/mol. The van der Waals surface area contributed by atoms with Crippen molar-refractivity contribution in [3.63, 3.8) is 0 Å². The summed E-state index contributed by atoms with van der Waals surface area (Å²) in [4.78, 5) is 29.1. The molecule has 1 amide bonds. The normalized spacial score (nSPS) is 10.9. The van der Waals surface area contributed by atoms with E-state index in [0.29, 0.717) is 16.6 Å². The van der Waals surface area contributed by atoms with Gasteiger partial charge in [0, 0.05) is 40.7 Å². The third-order valence-electron chi connectivity index (χ3n) is 4.64. The van der Waals surface area contributed by atoms with Crippen molar-refractivity contribution in [3.8, 4) is 5.75 Å². The number of carbonyl (C=O) groups is 2. The van der Waals surface area contributed by atoms with E-state index in [1.54, 1.807) is 0 Å². The Kier molecular flexibility index (Phi) is 4.97. The number of ketones is 1. The Bertz CT molecular complexity index is 1250. The molecule has 150 valence electrons. The van der Waals surface area contributed by atoms with Gasteiger partial charge in [0.25, 0.3) is 11.7 Å². The van der Waals surface area contributed by atoms with E-state index in [9.17, 15) is 23.5 Å². The zero-order chi connectivity index (χ0) is 21.3. The van der Waals surface area contributed by atoms with Crippen LogP contribution >= 0.6 is 0 Å². The monoisotopic (exact) mass is 407 g/mol. The summed E-state index contributed by atoms with van der Waals surface area (Å²) in [5.41, 5.74) is 0.658. The maximum atomic E-state index is 14.1. The van der Waals surface area contributed by atoms with E-state index in [4.69, 9.17) is 0 Å². The van der Waals surface area contributed by atoms with Crippen LogP contribution in [0.3, 0.4) is 0 Å². The van der Waals surface area contributed by atoms with Gasteiger partial charge in [-0.05, 0) is 42.5 Å². The molecular formula is C22H15F2N3O3. The number of aromatic hydroxyl groups is 1. The van der Waals surface area contributed by atoms with Crippen LogP contribution in [0.5, 0.6) is 5.75 Å². The van der Waals surface area contributed by atoms with Gasteiger partial charge in [0.1, 0.15) is 17.4 Å². The number of amides is 1. The number of rotatable bonds is 5. The van der Waals surface area contributed by atoms with Gasteiger partial charge in [0.2, 0.25) is 0 Å². The second-order valence-corrected chi connectivity index (χ2v) is 6.59. The summed E-state index contributed by atoms with van der Waals surface area (Å²) in [5, 5.41) is 12.6. The highest BCUT2D eigenvalue weighted by atomic mass is 19.1. The predicted molar refractivity (Wildman–Crippen MR) is 106 cm³/mol. The van der Waals surface area contributed by atoms with Crippen molar-refractivity contribution < 1.29 is 23.5 Å². The third kappa shape index (κ3) is 3.62. The van der Waals surface area contributed by atoms with Crippen LogP contribution < -0.4 is 5.32 Å². The molecule has 0 fully saturated rings. The first-order valence-electron chi connectivity index (χ1n) is 8.94. The summed E-state index contributed by atoms with van der Waals surface area (Å²) in [6.45, 7) is -0.195. The van der Waals surface area contributed by atoms with Crippen LogP contribution in [-0.2, 0) is 11.3 Å². The van der Waals surface area contributed by atoms with Crippen LogP contribution in [0.2, 0.25) is 0 Å². The molecule has 0 saturated carbocycles. The Hall–Kier alpha value is -4.07. The largest absolute Gasteiger partial charge is 0.508 e. The highest BCUT2D eigenvalue weighted by Crippen LogP contribution is 2.28. The van der Waals surface area contributed by atoms with Crippen molar-refractivity contribution in [3.05, 3.63) is 89.9 Å². The summed E-state index contributed by atoms with van der Waals surface area (Å²) >= 11 is 0. The van der Waals surface area contributed by atoms with Crippen molar-refractivity contribution >= 4 is 28.3 Å². The average Bonchev–Trinajstić information content (AvgIpc) is 3.08. The average molecular weight is 407 g/mol. The molecule has 30 heavy (non-hydrogen) atoms. The number of nitrogens with one attached hydrogen (secondary N) is 1. The molecule has 2 heterocycles. The molecule has 4 rings (SSSR count). The van der Waals surface area contributed by atoms with E-state index in [1.807, 2.05) is 0 Å². The Balaban J connectivity index is 1.74. The van der Waals surface area contributed by atoms with Gasteiger partial charge in [-0.25, -0.2) is 8.78 Å². The molecule has 8 heteroatoms. The number of fused-ring (bicyclic) bond motifs is 1. The van der Waals surface area contributed by atoms with Crippen LogP contribution in [0.25, 0.3) is 10.9 Å². The van der Waals surface area contributed by atoms with Crippen LogP contribution in [0.15, 0.2) is 67.1 Å². The summed E-state index contributed by atoms with van der Waals surface area (Å²) < 4.78 is 29.7. The van der Waals surface area contributed by atoms with Crippen molar-refractivity contribution in [2.24, 2.45) is 0 Å². The lowest BCUT2D eigenvalue weighted by molar-refractivity contribution is -0.112. The quantitative estimate of drug-likeness (QED) is 0.388. The molecule has 2 N–H and O–H groups in total. The Morgan fingerprint density at radius 3 is 2.43 bits per heavy atom. The van der Waals surface area contributed by atoms with Gasteiger partial charge < -0.3 is 15.0 Å². The number of pyridine rings is 1. The Labute approximate surface area is 169 Å². The fraction of sp³-hybridized carbons (Fsp3) is 0.0455. The number of hydrogen-bond donors (Lipinski definition) is 2. The number of nitrogens with zero attached hydrogens (tertiary/aromatic N) is 2. The summed E-state index contributed by atoms with van der Waals surface area (Å²) in [7, 11) is 0. The first kappa shape index (κ1) is 19.3. The second kappa shape index (κ2) is 7.75. The topological polar surface area (TPSA) is 84.2 Å². The number of halogens is 2. The zero-order valence-electron chi connectivity index (χ0n) is 15.5. The number of aromatic nitrogens is 2. The van der Waals surface area contributed by atoms with Crippen molar-refractivity contribution in [2.45, 2.75) is 6.54 Å². The Morgan fingerprint density at radius 1 is 1.03 bits per heavy atom. The molecule has 0 atom stereocenters. The number of carbonyl (C=O) groups excluding carboxylic acids is 2. The van der Waals surface area contributed by atoms with Crippen molar-refractivity contribution in [1.29, 1.82) is 0 Å². The second-order valence-electron chi connectivity index (χ2n) is 6.59. The third-order valence-corrected chi connectivity index (χ3v) is 4.64. The van der Waals surface area contributed by atoms with E-state index >= 15 is 0 Å². The van der Waals surface area contributed by atoms with E-state index in [2.05, 4.69) is 10.3 Å². The number of hydrogen-bond acceptors (Lipinski definition) is 4. The highest BCUT2D eigenvalue weighted by Gasteiger charge is 2.23. The molecule has 0 unspecified atom stereocenters. The maximum absolute atomic E-state index is 14.1. The number of anilines is 1. The number of Topliss-reactive ketones (excluding diaryl/α,β-unsaturated/α-hetero) is 1. The summed E-state index contributed by atoms with van der Waals surface area (Å²) in [5.74, 6) is -3.30. The van der Waals surface area contributed by atoms with Gasteiger partial charge >= 0.3 is 0 Å². The minimum absolute atomic E-state index is 0.00389. The van der Waals surface area contributed by atoms with Gasteiger partial charge in [-0.2, -0.15) is 0 Å². The van der Waals surface area contributed by atoms with Gasteiger partial charge in [0.05, 0.1) is 12.1 Å². The molecule has 4 aromatic rings. The number of benzene rings is 2. The molecule has 0 aliphatic rings. The fourth-order valence-electron chi connectivity index (χ4n) is 3.20. The van der Waals surface area contributed by atoms with Crippen LogP contribution in [-0.4, -0.2) is 26.3 Å². The molecule has 0 bridgehead atoms. The van der Waals surface area contributed by atoms with Crippen LogP contribution in [0, 0.1) is 11.6 Å². The minimum atomic E-state index is -0.888. The van der Waals surface area contributed by atoms with Crippen molar-refractivity contribution in [2.75, 3.05) is 5.32 Å². The Morgan fingerprint density at radius 2 is 1.73 bits per heavy atom. The van der Waals surface area contributed by atoms with Crippen LogP contribution in [0.1, 0.15) is 15.9 Å². The van der Waals surface area contributed by atoms with E-state index in [-0.39, 0.29) is 23.4 Å². The molecule has 0 radical (unpaired) electrons. The predicted octanol–water partition coefficient (Wildman–Crippen LogP) is 3.89. The fourth-order valence-corrected chi connectivity index (χ4v) is 3.20. The smallest absolute Gasteiger partial charge is 0.296 e. The van der Waals surface area contributed by atoms with E-state index < -0.39 is 23.3 Å². The molecule has 0 saturated heterocycles. The van der Waals surface area contributed by atoms with Crippen molar-refractivity contribution in [1.82, 2.24) is 9.55 Å². The zero-order valence-corrected chi connectivity index (χ0v) is 15.5. The van der Waals surface area contributed by atoms with E-state index in [0.717, 1.165) is 12.1 Å². The first-order chi connectivity index (χ1) is 14.4. The van der Waals surface area contributed by atoms with E-state index in [1.165, 1.54) is 59.6 Å². The number of phenols is 1.